The molecule has 0 aliphatic heterocycles. The molecule has 0 amide bonds. The van der Waals surface area contributed by atoms with Crippen molar-refractivity contribution in [3.05, 3.63) is 54.2 Å². The lowest BCUT2D eigenvalue weighted by molar-refractivity contribution is 0.615. The summed E-state index contributed by atoms with van der Waals surface area (Å²) in [6.45, 7) is 0.608. The van der Waals surface area contributed by atoms with Crippen LogP contribution in [-0.2, 0) is 6.54 Å². The third-order valence-electron chi connectivity index (χ3n) is 2.27. The van der Waals surface area contributed by atoms with Crippen LogP contribution in [0.15, 0.2) is 42.9 Å². The first kappa shape index (κ1) is 10.5. The lowest BCUT2D eigenvalue weighted by Crippen LogP contribution is -2.18. The minimum Gasteiger partial charge on any atom is -0.353 e. The summed E-state index contributed by atoms with van der Waals surface area (Å²) in [5.74, 6) is 0.0540. The van der Waals surface area contributed by atoms with Gasteiger partial charge < -0.3 is 4.90 Å². The molecule has 0 aliphatic carbocycles. The second-order valence-electron chi connectivity index (χ2n) is 3.52. The summed E-state index contributed by atoms with van der Waals surface area (Å²) in [5, 5.41) is 0. The maximum absolute atomic E-state index is 13.4. The summed E-state index contributed by atoms with van der Waals surface area (Å²) >= 11 is 0. The molecule has 0 bridgehead atoms. The minimum absolute atomic E-state index is 0.306. The van der Waals surface area contributed by atoms with Gasteiger partial charge in [0.1, 0.15) is 0 Å². The van der Waals surface area contributed by atoms with E-state index < -0.39 is 0 Å². The number of nitrogens with zero attached hydrogens (tertiary/aromatic N) is 3. The summed E-state index contributed by atoms with van der Waals surface area (Å²) in [6.07, 6.45) is 5.03. The number of aromatic nitrogens is 2. The van der Waals surface area contributed by atoms with Gasteiger partial charge in [0.15, 0.2) is 11.6 Å². The molecule has 82 valence electrons. The molecule has 16 heavy (non-hydrogen) atoms. The fraction of sp³-hybridized carbons (Fsp3) is 0.167. The number of pyridine rings is 2. The molecule has 2 aromatic rings. The van der Waals surface area contributed by atoms with Crippen molar-refractivity contribution < 1.29 is 4.39 Å². The largest absolute Gasteiger partial charge is 0.353 e. The topological polar surface area (TPSA) is 29.0 Å². The zero-order valence-electron chi connectivity index (χ0n) is 8.97. The fourth-order valence-corrected chi connectivity index (χ4v) is 1.50. The number of hydrogen-bond donors (Lipinski definition) is 0. The van der Waals surface area contributed by atoms with Crippen molar-refractivity contribution in [1.82, 2.24) is 9.97 Å². The molecule has 0 saturated carbocycles. The second kappa shape index (κ2) is 4.70. The van der Waals surface area contributed by atoms with Crippen LogP contribution in [0, 0.1) is 5.82 Å². The summed E-state index contributed by atoms with van der Waals surface area (Å²) in [6, 6.07) is 6.79. The van der Waals surface area contributed by atoms with E-state index in [9.17, 15) is 4.39 Å². The van der Waals surface area contributed by atoms with Gasteiger partial charge >= 0.3 is 0 Å². The van der Waals surface area contributed by atoms with Crippen LogP contribution in [0.5, 0.6) is 0 Å². The van der Waals surface area contributed by atoms with E-state index in [0.29, 0.717) is 12.4 Å². The highest BCUT2D eigenvalue weighted by Crippen LogP contribution is 2.15. The molecule has 2 heterocycles. The summed E-state index contributed by atoms with van der Waals surface area (Å²) in [5.41, 5.74) is 1.07. The molecule has 2 aromatic heterocycles. The number of hydrogen-bond acceptors (Lipinski definition) is 3. The van der Waals surface area contributed by atoms with Gasteiger partial charge in [-0.15, -0.1) is 0 Å². The van der Waals surface area contributed by atoms with Crippen LogP contribution in [0.4, 0.5) is 10.2 Å². The Morgan fingerprint density at radius 1 is 1.19 bits per heavy atom. The van der Waals surface area contributed by atoms with Crippen molar-refractivity contribution in [3.63, 3.8) is 0 Å². The van der Waals surface area contributed by atoms with Crippen LogP contribution in [-0.4, -0.2) is 17.0 Å². The predicted octanol–water partition coefficient (Wildman–Crippen LogP) is 2.25. The van der Waals surface area contributed by atoms with Crippen molar-refractivity contribution in [2.24, 2.45) is 0 Å². The molecule has 0 unspecified atom stereocenters. The summed E-state index contributed by atoms with van der Waals surface area (Å²) in [4.78, 5) is 9.71. The molecule has 0 N–H and O–H groups in total. The average molecular weight is 217 g/mol. The first-order valence-corrected chi connectivity index (χ1v) is 4.98. The van der Waals surface area contributed by atoms with E-state index >= 15 is 0 Å². The minimum atomic E-state index is -0.306. The molecule has 0 atom stereocenters. The van der Waals surface area contributed by atoms with Gasteiger partial charge in [-0.3, -0.25) is 4.98 Å². The zero-order valence-corrected chi connectivity index (χ0v) is 8.97. The number of halogens is 1. The van der Waals surface area contributed by atoms with Gasteiger partial charge in [-0.05, 0) is 29.8 Å². The van der Waals surface area contributed by atoms with E-state index in [-0.39, 0.29) is 5.82 Å². The normalized spacial score (nSPS) is 10.1. The molecule has 0 radical (unpaired) electrons. The Hall–Kier alpha value is -1.97. The van der Waals surface area contributed by atoms with Crippen LogP contribution in [0.3, 0.4) is 0 Å². The first-order chi connectivity index (χ1) is 7.77. The standard InChI is InChI=1S/C12H12FN3/c1-16(9-10-4-7-14-8-5-10)12-11(13)3-2-6-15-12/h2-8H,9H2,1H3. The van der Waals surface area contributed by atoms with E-state index in [2.05, 4.69) is 9.97 Å². The van der Waals surface area contributed by atoms with Gasteiger partial charge in [-0.25, -0.2) is 9.37 Å². The predicted molar refractivity (Wildman–Crippen MR) is 60.5 cm³/mol. The van der Waals surface area contributed by atoms with Gasteiger partial charge in [0.05, 0.1) is 0 Å². The van der Waals surface area contributed by atoms with E-state index in [4.69, 9.17) is 0 Å². The summed E-state index contributed by atoms with van der Waals surface area (Å²) in [7, 11) is 1.81. The van der Waals surface area contributed by atoms with Crippen LogP contribution >= 0.6 is 0 Å². The maximum Gasteiger partial charge on any atom is 0.165 e. The molecule has 0 saturated heterocycles. The fourth-order valence-electron chi connectivity index (χ4n) is 1.50. The van der Waals surface area contributed by atoms with Crippen molar-refractivity contribution in [1.29, 1.82) is 0 Å². The third-order valence-corrected chi connectivity index (χ3v) is 2.27. The summed E-state index contributed by atoms with van der Waals surface area (Å²) < 4.78 is 13.4. The number of rotatable bonds is 3. The molecule has 0 aromatic carbocycles. The molecule has 0 fully saturated rings. The molecule has 0 spiro atoms. The smallest absolute Gasteiger partial charge is 0.165 e. The average Bonchev–Trinajstić information content (AvgIpc) is 2.31. The zero-order chi connectivity index (χ0) is 11.4. The maximum atomic E-state index is 13.4. The van der Waals surface area contributed by atoms with E-state index in [1.165, 1.54) is 6.07 Å². The van der Waals surface area contributed by atoms with Gasteiger partial charge in [0.25, 0.3) is 0 Å². The Labute approximate surface area is 93.6 Å². The quantitative estimate of drug-likeness (QED) is 0.789. The van der Waals surface area contributed by atoms with E-state index in [1.807, 2.05) is 19.2 Å². The van der Waals surface area contributed by atoms with Crippen LogP contribution in [0.2, 0.25) is 0 Å². The lowest BCUT2D eigenvalue weighted by atomic mass is 10.2. The first-order valence-electron chi connectivity index (χ1n) is 4.98. The van der Waals surface area contributed by atoms with Gasteiger partial charge in [-0.2, -0.15) is 0 Å². The SMILES string of the molecule is CN(Cc1ccncc1)c1ncccc1F. The Bertz CT molecular complexity index is 459. The Kier molecular flexibility index (Phi) is 3.10. The molecule has 4 heteroatoms. The number of anilines is 1. The molecule has 0 aliphatic rings. The van der Waals surface area contributed by atoms with Crippen molar-refractivity contribution in [2.45, 2.75) is 6.54 Å². The Morgan fingerprint density at radius 3 is 2.62 bits per heavy atom. The molecular weight excluding hydrogens is 205 g/mol. The van der Waals surface area contributed by atoms with Crippen LogP contribution < -0.4 is 4.90 Å². The van der Waals surface area contributed by atoms with Crippen molar-refractivity contribution in [3.8, 4) is 0 Å². The highest BCUT2D eigenvalue weighted by Gasteiger charge is 2.08. The second-order valence-corrected chi connectivity index (χ2v) is 3.52. The van der Waals surface area contributed by atoms with Gasteiger partial charge in [0.2, 0.25) is 0 Å². The molecule has 3 nitrogen and oxygen atoms in total. The van der Waals surface area contributed by atoms with Crippen LogP contribution in [0.25, 0.3) is 0 Å². The monoisotopic (exact) mass is 217 g/mol. The van der Waals surface area contributed by atoms with Crippen molar-refractivity contribution in [2.75, 3.05) is 11.9 Å². The molecule has 2 rings (SSSR count). The third kappa shape index (κ3) is 2.34. The Balaban J connectivity index is 2.15. The van der Waals surface area contributed by atoms with E-state index in [0.717, 1.165) is 5.56 Å². The Morgan fingerprint density at radius 2 is 1.94 bits per heavy atom. The van der Waals surface area contributed by atoms with E-state index in [1.54, 1.807) is 29.6 Å². The van der Waals surface area contributed by atoms with Crippen molar-refractivity contribution >= 4 is 5.82 Å². The molecular formula is C12H12FN3. The highest BCUT2D eigenvalue weighted by molar-refractivity contribution is 5.39. The highest BCUT2D eigenvalue weighted by atomic mass is 19.1. The van der Waals surface area contributed by atoms with Gasteiger partial charge in [-0.1, -0.05) is 0 Å². The lowest BCUT2D eigenvalue weighted by Gasteiger charge is -2.18. The van der Waals surface area contributed by atoms with Gasteiger partial charge in [0, 0.05) is 32.2 Å². The van der Waals surface area contributed by atoms with Crippen LogP contribution in [0.1, 0.15) is 5.56 Å².